The number of aliphatic hydroxyl groups is 1. The molecule has 0 aliphatic rings. The predicted octanol–water partition coefficient (Wildman–Crippen LogP) is 3.82. The summed E-state index contributed by atoms with van der Waals surface area (Å²) in [7, 11) is 0. The number of rotatable bonds is 3. The Morgan fingerprint density at radius 3 is 2.18 bits per heavy atom. The van der Waals surface area contributed by atoms with Crippen LogP contribution < -0.4 is 0 Å². The predicted molar refractivity (Wildman–Crippen MR) is 70.6 cm³/mol. The zero-order chi connectivity index (χ0) is 12.4. The minimum absolute atomic E-state index is 0.0102. The van der Waals surface area contributed by atoms with Gasteiger partial charge < -0.3 is 5.11 Å². The van der Waals surface area contributed by atoms with Gasteiger partial charge in [0.25, 0.3) is 0 Å². The zero-order valence-corrected chi connectivity index (χ0v) is 10.3. The van der Waals surface area contributed by atoms with Crippen molar-refractivity contribution < 1.29 is 9.90 Å². The Balaban J connectivity index is 2.29. The van der Waals surface area contributed by atoms with E-state index in [0.717, 1.165) is 9.75 Å². The van der Waals surface area contributed by atoms with E-state index in [9.17, 15) is 9.90 Å². The van der Waals surface area contributed by atoms with Gasteiger partial charge in [0.2, 0.25) is 5.78 Å². The number of benzene rings is 1. The molecule has 1 aromatic heterocycles. The summed E-state index contributed by atoms with van der Waals surface area (Å²) >= 11 is 1.48. The van der Waals surface area contributed by atoms with Gasteiger partial charge in [0.1, 0.15) is 5.76 Å². The maximum absolute atomic E-state index is 12.1. The van der Waals surface area contributed by atoms with E-state index >= 15 is 0 Å². The molecule has 0 unspecified atom stereocenters. The fourth-order valence-corrected chi connectivity index (χ4v) is 2.34. The molecule has 2 aromatic rings. The summed E-state index contributed by atoms with van der Waals surface area (Å²) < 4.78 is 0. The zero-order valence-electron chi connectivity index (χ0n) is 9.43. The Kier molecular flexibility index (Phi) is 3.11. The largest absolute Gasteiger partial charge is 0.508 e. The van der Waals surface area contributed by atoms with Crippen LogP contribution in [0.1, 0.15) is 25.7 Å². The molecule has 1 N–H and O–H groups in total. The molecule has 2 rings (SSSR count). The highest BCUT2D eigenvalue weighted by Gasteiger charge is 2.10. The second-order valence-electron chi connectivity index (χ2n) is 3.76. The molecule has 86 valence electrons. The van der Waals surface area contributed by atoms with Crippen LogP contribution in [0.2, 0.25) is 0 Å². The van der Waals surface area contributed by atoms with Crippen molar-refractivity contribution in [2.24, 2.45) is 0 Å². The number of aliphatic hydroxyl groups excluding tert-OH is 1. The van der Waals surface area contributed by atoms with Gasteiger partial charge in [0.05, 0.1) is 4.88 Å². The lowest BCUT2D eigenvalue weighted by Crippen LogP contribution is -1.98. The van der Waals surface area contributed by atoms with Gasteiger partial charge in [-0.3, -0.25) is 4.79 Å². The quantitative estimate of drug-likeness (QED) is 0.658. The number of thiophene rings is 1. The summed E-state index contributed by atoms with van der Waals surface area (Å²) in [6.45, 7) is 5.41. The molecule has 0 saturated carbocycles. The first-order chi connectivity index (χ1) is 8.08. The number of ketones is 1. The van der Waals surface area contributed by atoms with E-state index in [2.05, 4.69) is 6.58 Å². The van der Waals surface area contributed by atoms with Gasteiger partial charge in [-0.05, 0) is 19.1 Å². The van der Waals surface area contributed by atoms with E-state index in [0.29, 0.717) is 11.1 Å². The van der Waals surface area contributed by atoms with Gasteiger partial charge >= 0.3 is 0 Å². The monoisotopic (exact) mass is 244 g/mol. The lowest BCUT2D eigenvalue weighted by atomic mass is 10.1. The van der Waals surface area contributed by atoms with Crippen LogP contribution in [0.15, 0.2) is 43.0 Å². The van der Waals surface area contributed by atoms with Gasteiger partial charge in [-0.25, -0.2) is 0 Å². The maximum atomic E-state index is 12.1. The fourth-order valence-electron chi connectivity index (χ4n) is 1.51. The number of carbonyl (C=O) groups excluding carboxylic acids is 1. The Morgan fingerprint density at radius 2 is 1.71 bits per heavy atom. The molecule has 0 fully saturated rings. The second-order valence-corrected chi connectivity index (χ2v) is 5.05. The standard InChI is InChI=1S/C14H12O2S/c1-9-3-8-13(17-9)14(16)12-6-4-11(5-7-12)10(2)15/h3-8,15H,2H2,1H3. The van der Waals surface area contributed by atoms with Gasteiger partial charge in [-0.1, -0.05) is 30.8 Å². The molecule has 3 heteroatoms. The van der Waals surface area contributed by atoms with Gasteiger partial charge in [-0.2, -0.15) is 0 Å². The summed E-state index contributed by atoms with van der Waals surface area (Å²) in [6, 6.07) is 10.6. The van der Waals surface area contributed by atoms with Crippen LogP contribution in [-0.4, -0.2) is 10.9 Å². The van der Waals surface area contributed by atoms with E-state index in [4.69, 9.17) is 0 Å². The molecule has 0 aliphatic heterocycles. The summed E-state index contributed by atoms with van der Waals surface area (Å²) in [5.74, 6) is 0.0224. The summed E-state index contributed by atoms with van der Waals surface area (Å²) in [4.78, 5) is 13.9. The average Bonchev–Trinajstić information content (AvgIpc) is 2.75. The van der Waals surface area contributed by atoms with Gasteiger partial charge in [0, 0.05) is 16.0 Å². The molecule has 1 heterocycles. The van der Waals surface area contributed by atoms with Crippen molar-refractivity contribution in [1.29, 1.82) is 0 Å². The Labute approximate surface area is 104 Å². The normalized spacial score (nSPS) is 10.2. The SMILES string of the molecule is C=C(O)c1ccc(C(=O)c2ccc(C)s2)cc1. The van der Waals surface area contributed by atoms with E-state index in [1.165, 1.54) is 11.3 Å². The van der Waals surface area contributed by atoms with Crippen molar-refractivity contribution in [2.75, 3.05) is 0 Å². The lowest BCUT2D eigenvalue weighted by molar-refractivity contribution is 0.104. The molecule has 0 aliphatic carbocycles. The molecule has 0 spiro atoms. The molecule has 2 nitrogen and oxygen atoms in total. The van der Waals surface area contributed by atoms with Crippen LogP contribution in [0.25, 0.3) is 5.76 Å². The van der Waals surface area contributed by atoms with Crippen LogP contribution in [0.4, 0.5) is 0 Å². The number of hydrogen-bond acceptors (Lipinski definition) is 3. The fraction of sp³-hybridized carbons (Fsp3) is 0.0714. The Bertz CT molecular complexity index is 564. The molecular weight excluding hydrogens is 232 g/mol. The highest BCUT2D eigenvalue weighted by molar-refractivity contribution is 7.14. The minimum Gasteiger partial charge on any atom is -0.508 e. The molecular formula is C14H12O2S. The van der Waals surface area contributed by atoms with Crippen LogP contribution in [0.3, 0.4) is 0 Å². The van der Waals surface area contributed by atoms with Crippen LogP contribution in [-0.2, 0) is 0 Å². The topological polar surface area (TPSA) is 37.3 Å². The molecule has 0 bridgehead atoms. The van der Waals surface area contributed by atoms with Crippen LogP contribution >= 0.6 is 11.3 Å². The van der Waals surface area contributed by atoms with Crippen molar-refractivity contribution in [2.45, 2.75) is 6.92 Å². The molecule has 0 atom stereocenters. The highest BCUT2D eigenvalue weighted by atomic mass is 32.1. The highest BCUT2D eigenvalue weighted by Crippen LogP contribution is 2.20. The summed E-state index contributed by atoms with van der Waals surface area (Å²) in [5, 5.41) is 9.20. The summed E-state index contributed by atoms with van der Waals surface area (Å²) in [6.07, 6.45) is 0. The second kappa shape index (κ2) is 4.55. The minimum atomic E-state index is 0.0102. The third kappa shape index (κ3) is 2.45. The molecule has 17 heavy (non-hydrogen) atoms. The maximum Gasteiger partial charge on any atom is 0.202 e. The number of carbonyl (C=O) groups is 1. The van der Waals surface area contributed by atoms with Gasteiger partial charge in [0.15, 0.2) is 0 Å². The van der Waals surface area contributed by atoms with E-state index in [-0.39, 0.29) is 11.5 Å². The van der Waals surface area contributed by atoms with Crippen LogP contribution in [0, 0.1) is 6.92 Å². The molecule has 0 saturated heterocycles. The van der Waals surface area contributed by atoms with Crippen molar-refractivity contribution in [3.8, 4) is 0 Å². The third-order valence-electron chi connectivity index (χ3n) is 2.44. The van der Waals surface area contributed by atoms with Crippen LogP contribution in [0.5, 0.6) is 0 Å². The lowest BCUT2D eigenvalue weighted by Gasteiger charge is -2.01. The van der Waals surface area contributed by atoms with Gasteiger partial charge in [-0.15, -0.1) is 11.3 Å². The number of aryl methyl sites for hydroxylation is 1. The van der Waals surface area contributed by atoms with E-state index < -0.39 is 0 Å². The third-order valence-corrected chi connectivity index (χ3v) is 3.44. The number of hydrogen-bond donors (Lipinski definition) is 1. The molecule has 0 radical (unpaired) electrons. The van der Waals surface area contributed by atoms with E-state index in [1.807, 2.05) is 19.1 Å². The first-order valence-corrected chi connectivity index (χ1v) is 5.99. The Morgan fingerprint density at radius 1 is 1.12 bits per heavy atom. The van der Waals surface area contributed by atoms with Crippen molar-refractivity contribution >= 4 is 22.9 Å². The smallest absolute Gasteiger partial charge is 0.202 e. The van der Waals surface area contributed by atoms with Crippen molar-refractivity contribution in [1.82, 2.24) is 0 Å². The van der Waals surface area contributed by atoms with E-state index in [1.54, 1.807) is 24.3 Å². The van der Waals surface area contributed by atoms with Crippen molar-refractivity contribution in [3.63, 3.8) is 0 Å². The first kappa shape index (κ1) is 11.6. The van der Waals surface area contributed by atoms with Crippen molar-refractivity contribution in [3.05, 3.63) is 63.9 Å². The Hall–Kier alpha value is -1.87. The average molecular weight is 244 g/mol. The molecule has 1 aromatic carbocycles. The molecule has 0 amide bonds. The first-order valence-electron chi connectivity index (χ1n) is 5.17. The summed E-state index contributed by atoms with van der Waals surface area (Å²) in [5.41, 5.74) is 1.25.